The van der Waals surface area contributed by atoms with Gasteiger partial charge in [0.15, 0.2) is 0 Å². The van der Waals surface area contributed by atoms with Crippen molar-refractivity contribution in [2.75, 3.05) is 13.1 Å². The average molecular weight is 404 g/mol. The fraction of sp³-hybridized carbons (Fsp3) is 0.429. The monoisotopic (exact) mass is 403 g/mol. The number of fused-ring (bicyclic) bond motifs is 1. The van der Waals surface area contributed by atoms with Crippen LogP contribution in [-0.4, -0.2) is 38.7 Å². The third kappa shape index (κ3) is 4.84. The van der Waals surface area contributed by atoms with Gasteiger partial charge in [0.1, 0.15) is 16.5 Å². The predicted octanol–water partition coefficient (Wildman–Crippen LogP) is 4.02. The molecule has 0 aliphatic carbocycles. The summed E-state index contributed by atoms with van der Waals surface area (Å²) in [5.74, 6) is 0.593. The second kappa shape index (κ2) is 8.11. The summed E-state index contributed by atoms with van der Waals surface area (Å²) >= 11 is 1.33. The lowest BCUT2D eigenvalue weighted by atomic mass is 10.1. The lowest BCUT2D eigenvalue weighted by Gasteiger charge is -2.29. The van der Waals surface area contributed by atoms with Crippen LogP contribution in [0, 0.1) is 11.7 Å². The summed E-state index contributed by atoms with van der Waals surface area (Å²) in [6.07, 6.45) is 0. The maximum absolute atomic E-state index is 14.2. The first-order valence-corrected chi connectivity index (χ1v) is 10.2. The Kier molecular flexibility index (Phi) is 5.98. The Morgan fingerprint density at radius 2 is 2.00 bits per heavy atom. The fourth-order valence-electron chi connectivity index (χ4n) is 3.41. The van der Waals surface area contributed by atoms with Gasteiger partial charge in [0.05, 0.1) is 17.5 Å². The first-order chi connectivity index (χ1) is 13.1. The van der Waals surface area contributed by atoms with Crippen molar-refractivity contribution in [2.45, 2.75) is 39.8 Å². The summed E-state index contributed by atoms with van der Waals surface area (Å²) in [4.78, 5) is 22.9. The molecule has 2 heterocycles. The number of rotatable bonds is 7. The van der Waals surface area contributed by atoms with E-state index in [9.17, 15) is 14.3 Å². The number of halogens is 1. The van der Waals surface area contributed by atoms with Crippen molar-refractivity contribution in [3.8, 4) is 11.1 Å². The minimum absolute atomic E-state index is 0.271. The molecule has 1 aromatic carbocycles. The van der Waals surface area contributed by atoms with E-state index in [4.69, 9.17) is 0 Å². The van der Waals surface area contributed by atoms with Gasteiger partial charge < -0.3 is 10.1 Å². The Balaban J connectivity index is 1.96. The zero-order valence-electron chi connectivity index (χ0n) is 16.6. The van der Waals surface area contributed by atoms with Crippen molar-refractivity contribution in [1.29, 1.82) is 0 Å². The van der Waals surface area contributed by atoms with Gasteiger partial charge in [-0.3, -0.25) is 9.69 Å². The van der Waals surface area contributed by atoms with E-state index in [1.54, 1.807) is 37.4 Å². The number of hydrogen-bond donors (Lipinski definition) is 2. The van der Waals surface area contributed by atoms with Crippen LogP contribution < -0.4 is 5.56 Å². The van der Waals surface area contributed by atoms with Gasteiger partial charge >= 0.3 is 0 Å². The number of nitrogens with zero attached hydrogens (tertiary/aromatic N) is 2. The third-order valence-electron chi connectivity index (χ3n) is 4.26. The standard InChI is InChI=1S/C21H26FN3O2S/c1-13(2)9-25(12-21(3,4)27)10-17-23-19(26)18-15(11-28-20(18)24-17)14-7-5-6-8-16(14)22/h5-8,11,13,27H,9-10,12H2,1-4H3,(H,23,24,26). The van der Waals surface area contributed by atoms with Crippen molar-refractivity contribution in [3.05, 3.63) is 51.6 Å². The minimum Gasteiger partial charge on any atom is -0.389 e. The Morgan fingerprint density at radius 1 is 1.29 bits per heavy atom. The highest BCUT2D eigenvalue weighted by atomic mass is 32.1. The average Bonchev–Trinajstić information content (AvgIpc) is 2.97. The van der Waals surface area contributed by atoms with Crippen LogP contribution in [0.15, 0.2) is 34.4 Å². The Bertz CT molecular complexity index is 1020. The summed E-state index contributed by atoms with van der Waals surface area (Å²) in [6, 6.07) is 6.42. The SMILES string of the molecule is CC(C)CN(Cc1nc2scc(-c3ccccc3F)c2c(=O)[nH]1)CC(C)(C)O. The molecule has 28 heavy (non-hydrogen) atoms. The van der Waals surface area contributed by atoms with Crippen molar-refractivity contribution in [1.82, 2.24) is 14.9 Å². The second-order valence-electron chi connectivity index (χ2n) is 8.20. The topological polar surface area (TPSA) is 69.2 Å². The van der Waals surface area contributed by atoms with Crippen molar-refractivity contribution in [2.24, 2.45) is 5.92 Å². The molecule has 3 aromatic rings. The van der Waals surface area contributed by atoms with Crippen LogP contribution >= 0.6 is 11.3 Å². The van der Waals surface area contributed by atoms with Gasteiger partial charge in [0.25, 0.3) is 5.56 Å². The molecule has 2 N–H and O–H groups in total. The summed E-state index contributed by atoms with van der Waals surface area (Å²) < 4.78 is 14.2. The number of aromatic nitrogens is 2. The van der Waals surface area contributed by atoms with Crippen LogP contribution in [0.1, 0.15) is 33.5 Å². The quantitative estimate of drug-likeness (QED) is 0.625. The molecule has 0 unspecified atom stereocenters. The summed E-state index contributed by atoms with van der Waals surface area (Å²) in [6.45, 7) is 9.42. The molecule has 0 spiro atoms. The molecule has 0 saturated carbocycles. The molecule has 0 radical (unpaired) electrons. The van der Waals surface area contributed by atoms with E-state index in [1.165, 1.54) is 17.4 Å². The maximum Gasteiger partial charge on any atom is 0.260 e. The molecule has 0 fully saturated rings. The predicted molar refractivity (Wildman–Crippen MR) is 112 cm³/mol. The number of aliphatic hydroxyl groups is 1. The van der Waals surface area contributed by atoms with Crippen LogP contribution in [0.4, 0.5) is 4.39 Å². The van der Waals surface area contributed by atoms with Gasteiger partial charge in [-0.2, -0.15) is 0 Å². The molecule has 0 amide bonds. The number of thiophene rings is 1. The molecular formula is C21H26FN3O2S. The van der Waals surface area contributed by atoms with Gasteiger partial charge in [-0.05, 0) is 25.8 Å². The van der Waals surface area contributed by atoms with Crippen LogP contribution in [0.25, 0.3) is 21.3 Å². The van der Waals surface area contributed by atoms with Gasteiger partial charge in [-0.25, -0.2) is 9.37 Å². The van der Waals surface area contributed by atoms with E-state index in [2.05, 4.69) is 28.7 Å². The van der Waals surface area contributed by atoms with Gasteiger partial charge in [-0.15, -0.1) is 11.3 Å². The first kappa shape index (κ1) is 20.6. The van der Waals surface area contributed by atoms with Crippen molar-refractivity contribution in [3.63, 3.8) is 0 Å². The maximum atomic E-state index is 14.2. The zero-order valence-corrected chi connectivity index (χ0v) is 17.4. The van der Waals surface area contributed by atoms with Crippen molar-refractivity contribution >= 4 is 21.6 Å². The highest BCUT2D eigenvalue weighted by Crippen LogP contribution is 2.32. The Hall–Kier alpha value is -2.09. The number of hydrogen-bond acceptors (Lipinski definition) is 5. The number of benzene rings is 1. The number of nitrogens with one attached hydrogen (secondary N) is 1. The molecule has 5 nitrogen and oxygen atoms in total. The fourth-order valence-corrected chi connectivity index (χ4v) is 4.36. The first-order valence-electron chi connectivity index (χ1n) is 9.34. The molecule has 0 aliphatic rings. The molecular weight excluding hydrogens is 377 g/mol. The van der Waals surface area contributed by atoms with Gasteiger partial charge in [0, 0.05) is 29.6 Å². The van der Waals surface area contributed by atoms with E-state index in [-0.39, 0.29) is 11.4 Å². The van der Waals surface area contributed by atoms with E-state index in [0.29, 0.717) is 46.2 Å². The molecule has 7 heteroatoms. The lowest BCUT2D eigenvalue weighted by Crippen LogP contribution is -2.40. The lowest BCUT2D eigenvalue weighted by molar-refractivity contribution is 0.0289. The Morgan fingerprint density at radius 3 is 2.64 bits per heavy atom. The molecule has 0 bridgehead atoms. The normalized spacial score (nSPS) is 12.4. The van der Waals surface area contributed by atoms with Crippen LogP contribution in [0.5, 0.6) is 0 Å². The molecule has 0 aliphatic heterocycles. The van der Waals surface area contributed by atoms with Gasteiger partial charge in [0.2, 0.25) is 0 Å². The largest absolute Gasteiger partial charge is 0.389 e. The highest BCUT2D eigenvalue weighted by Gasteiger charge is 2.21. The second-order valence-corrected chi connectivity index (χ2v) is 9.06. The molecule has 150 valence electrons. The van der Waals surface area contributed by atoms with E-state index >= 15 is 0 Å². The Labute approximate surface area is 167 Å². The van der Waals surface area contributed by atoms with E-state index in [1.807, 2.05) is 0 Å². The molecule has 2 aromatic heterocycles. The molecule has 0 atom stereocenters. The van der Waals surface area contributed by atoms with Crippen LogP contribution in [-0.2, 0) is 6.54 Å². The van der Waals surface area contributed by atoms with E-state index in [0.717, 1.165) is 6.54 Å². The highest BCUT2D eigenvalue weighted by molar-refractivity contribution is 7.17. The van der Waals surface area contributed by atoms with Crippen molar-refractivity contribution < 1.29 is 9.50 Å². The summed E-state index contributed by atoms with van der Waals surface area (Å²) in [5.41, 5.74) is -0.154. The molecule has 3 rings (SSSR count). The smallest absolute Gasteiger partial charge is 0.260 e. The summed E-state index contributed by atoms with van der Waals surface area (Å²) in [5, 5.41) is 12.4. The molecule has 0 saturated heterocycles. The van der Waals surface area contributed by atoms with Gasteiger partial charge in [-0.1, -0.05) is 32.0 Å². The van der Waals surface area contributed by atoms with Crippen LogP contribution in [0.2, 0.25) is 0 Å². The summed E-state index contributed by atoms with van der Waals surface area (Å²) in [7, 11) is 0. The third-order valence-corrected chi connectivity index (χ3v) is 5.14. The number of H-pyrrole nitrogens is 1. The number of aromatic amines is 1. The van der Waals surface area contributed by atoms with E-state index < -0.39 is 5.60 Å². The zero-order chi connectivity index (χ0) is 20.5. The minimum atomic E-state index is -0.847. The van der Waals surface area contributed by atoms with Crippen LogP contribution in [0.3, 0.4) is 0 Å².